The molecule has 0 heterocycles. The summed E-state index contributed by atoms with van der Waals surface area (Å²) in [6, 6.07) is 4.58. The van der Waals surface area contributed by atoms with E-state index in [9.17, 15) is 9.59 Å². The molecule has 0 spiro atoms. The fraction of sp³-hybridized carbons (Fsp3) is 0.182. The van der Waals surface area contributed by atoms with Gasteiger partial charge in [0, 0.05) is 5.56 Å². The number of carbonyl (C=O) groups is 2. The molecule has 0 aromatic heterocycles. The number of carbonyl (C=O) groups excluding carboxylic acids is 1. The van der Waals surface area contributed by atoms with E-state index in [0.717, 1.165) is 0 Å². The largest absolute Gasteiger partial charge is 0.478 e. The first kappa shape index (κ1) is 10.9. The molecule has 0 unspecified atom stereocenters. The number of hydrogen-bond acceptors (Lipinski definition) is 3. The Bertz CT molecular complexity index is 458. The molecule has 0 fully saturated rings. The maximum atomic E-state index is 10.9. The van der Waals surface area contributed by atoms with Gasteiger partial charge in [0.2, 0.25) is 0 Å². The fourth-order valence-electron chi connectivity index (χ4n) is 1.43. The molecule has 0 radical (unpaired) electrons. The summed E-state index contributed by atoms with van der Waals surface area (Å²) in [5, 5.41) is 17.7. The van der Waals surface area contributed by atoms with E-state index in [1.165, 1.54) is 12.1 Å². The van der Waals surface area contributed by atoms with Crippen LogP contribution in [0.5, 0.6) is 0 Å². The van der Waals surface area contributed by atoms with Crippen molar-refractivity contribution in [2.45, 2.75) is 13.3 Å². The van der Waals surface area contributed by atoms with Gasteiger partial charge in [-0.3, -0.25) is 4.79 Å². The normalized spacial score (nSPS) is 9.33. The summed E-state index contributed by atoms with van der Waals surface area (Å²) >= 11 is 0. The lowest BCUT2D eigenvalue weighted by Crippen LogP contribution is -2.05. The van der Waals surface area contributed by atoms with Gasteiger partial charge in [0.1, 0.15) is 6.29 Å². The minimum Gasteiger partial charge on any atom is -0.478 e. The molecule has 0 saturated carbocycles. The highest BCUT2D eigenvalue weighted by atomic mass is 16.4. The predicted molar refractivity (Wildman–Crippen MR) is 52.9 cm³/mol. The lowest BCUT2D eigenvalue weighted by molar-refractivity contribution is 0.0695. The third-order valence-corrected chi connectivity index (χ3v) is 2.11. The van der Waals surface area contributed by atoms with Gasteiger partial charge in [-0.05, 0) is 24.1 Å². The van der Waals surface area contributed by atoms with Crippen molar-refractivity contribution in [2.24, 2.45) is 0 Å². The summed E-state index contributed by atoms with van der Waals surface area (Å²) in [5.41, 5.74) is 0.954. The number of benzene rings is 1. The van der Waals surface area contributed by atoms with Crippen LogP contribution in [-0.2, 0) is 6.42 Å². The van der Waals surface area contributed by atoms with Gasteiger partial charge in [0.15, 0.2) is 0 Å². The van der Waals surface area contributed by atoms with Crippen molar-refractivity contribution in [3.63, 3.8) is 0 Å². The zero-order valence-corrected chi connectivity index (χ0v) is 8.15. The Morgan fingerprint density at radius 3 is 2.67 bits per heavy atom. The minimum absolute atomic E-state index is 0.0265. The smallest absolute Gasteiger partial charge is 0.336 e. The van der Waals surface area contributed by atoms with Crippen molar-refractivity contribution in [2.75, 3.05) is 0 Å². The Morgan fingerprint density at radius 2 is 2.27 bits per heavy atom. The van der Waals surface area contributed by atoms with Crippen molar-refractivity contribution in [3.8, 4) is 6.07 Å². The molecular weight excluding hydrogens is 194 g/mol. The Morgan fingerprint density at radius 1 is 1.60 bits per heavy atom. The van der Waals surface area contributed by atoms with Crippen LogP contribution in [-0.4, -0.2) is 17.4 Å². The maximum absolute atomic E-state index is 10.9. The van der Waals surface area contributed by atoms with Crippen molar-refractivity contribution in [1.29, 1.82) is 5.26 Å². The summed E-state index contributed by atoms with van der Waals surface area (Å²) in [5.74, 6) is -1.12. The van der Waals surface area contributed by atoms with Crippen molar-refractivity contribution in [3.05, 3.63) is 34.4 Å². The van der Waals surface area contributed by atoms with Crippen molar-refractivity contribution in [1.82, 2.24) is 0 Å². The second-order valence-electron chi connectivity index (χ2n) is 2.98. The van der Waals surface area contributed by atoms with E-state index in [1.807, 2.05) is 6.07 Å². The van der Waals surface area contributed by atoms with Crippen molar-refractivity contribution < 1.29 is 14.7 Å². The van der Waals surface area contributed by atoms with Crippen LogP contribution < -0.4 is 0 Å². The van der Waals surface area contributed by atoms with Gasteiger partial charge in [-0.1, -0.05) is 6.92 Å². The van der Waals surface area contributed by atoms with Gasteiger partial charge in [-0.15, -0.1) is 0 Å². The predicted octanol–water partition coefficient (Wildman–Crippen LogP) is 1.63. The van der Waals surface area contributed by atoms with Gasteiger partial charge in [-0.2, -0.15) is 5.26 Å². The molecular formula is C11H9NO3. The van der Waals surface area contributed by atoms with Crippen LogP contribution in [0.1, 0.15) is 38.8 Å². The number of carboxylic acids is 1. The SMILES string of the molecule is CCc1c(C#N)cc(C=O)cc1C(=O)O. The number of nitrogens with zero attached hydrogens (tertiary/aromatic N) is 1. The van der Waals surface area contributed by atoms with Crippen LogP contribution in [0.3, 0.4) is 0 Å². The molecule has 1 rings (SSSR count). The quantitative estimate of drug-likeness (QED) is 0.757. The minimum atomic E-state index is -1.12. The number of nitriles is 1. The Labute approximate surface area is 86.8 Å². The second kappa shape index (κ2) is 4.38. The van der Waals surface area contributed by atoms with E-state index in [4.69, 9.17) is 10.4 Å². The van der Waals surface area contributed by atoms with Gasteiger partial charge in [0.25, 0.3) is 0 Å². The molecule has 15 heavy (non-hydrogen) atoms. The number of aldehydes is 1. The van der Waals surface area contributed by atoms with Crippen molar-refractivity contribution >= 4 is 12.3 Å². The Kier molecular flexibility index (Phi) is 3.19. The molecule has 1 aromatic rings. The van der Waals surface area contributed by atoms with Gasteiger partial charge in [0.05, 0.1) is 17.2 Å². The lowest BCUT2D eigenvalue weighted by Gasteiger charge is -2.06. The molecule has 4 nitrogen and oxygen atoms in total. The summed E-state index contributed by atoms with van der Waals surface area (Å²) in [6.45, 7) is 1.77. The van der Waals surface area contributed by atoms with Crippen LogP contribution in [0, 0.1) is 11.3 Å². The molecule has 1 aromatic carbocycles. The standard InChI is InChI=1S/C11H9NO3/c1-2-9-8(5-12)3-7(6-13)4-10(9)11(14)15/h3-4,6H,2H2,1H3,(H,14,15). The molecule has 0 saturated heterocycles. The molecule has 0 amide bonds. The number of aromatic carboxylic acids is 1. The van der Waals surface area contributed by atoms with E-state index in [1.54, 1.807) is 6.92 Å². The maximum Gasteiger partial charge on any atom is 0.336 e. The van der Waals surface area contributed by atoms with Crippen LogP contribution in [0.15, 0.2) is 12.1 Å². The van der Waals surface area contributed by atoms with Gasteiger partial charge in [-0.25, -0.2) is 4.79 Å². The summed E-state index contributed by atoms with van der Waals surface area (Å²) in [4.78, 5) is 21.4. The first-order chi connectivity index (χ1) is 7.13. The molecule has 0 bridgehead atoms. The van der Waals surface area contributed by atoms with E-state index >= 15 is 0 Å². The molecule has 4 heteroatoms. The highest BCUT2D eigenvalue weighted by Gasteiger charge is 2.14. The van der Waals surface area contributed by atoms with Crippen LogP contribution in [0.2, 0.25) is 0 Å². The number of carboxylic acid groups (broad SMARTS) is 1. The van der Waals surface area contributed by atoms with E-state index in [0.29, 0.717) is 18.3 Å². The molecule has 1 N–H and O–H groups in total. The summed E-state index contributed by atoms with van der Waals surface area (Å²) < 4.78 is 0. The zero-order chi connectivity index (χ0) is 11.4. The molecule has 76 valence electrons. The third kappa shape index (κ3) is 2.02. The van der Waals surface area contributed by atoms with Gasteiger partial charge >= 0.3 is 5.97 Å². The molecule has 0 aliphatic carbocycles. The van der Waals surface area contributed by atoms with Crippen LogP contribution in [0.4, 0.5) is 0 Å². The molecule has 0 aliphatic rings. The first-order valence-electron chi connectivity index (χ1n) is 4.39. The van der Waals surface area contributed by atoms with E-state index in [-0.39, 0.29) is 16.7 Å². The Balaban J connectivity index is 3.54. The average Bonchev–Trinajstić information content (AvgIpc) is 2.26. The van der Waals surface area contributed by atoms with Crippen LogP contribution in [0.25, 0.3) is 0 Å². The highest BCUT2D eigenvalue weighted by Crippen LogP contribution is 2.17. The second-order valence-corrected chi connectivity index (χ2v) is 2.98. The molecule has 0 aliphatic heterocycles. The van der Waals surface area contributed by atoms with Gasteiger partial charge < -0.3 is 5.11 Å². The van der Waals surface area contributed by atoms with E-state index in [2.05, 4.69) is 0 Å². The number of rotatable bonds is 3. The summed E-state index contributed by atoms with van der Waals surface area (Å²) in [6.07, 6.45) is 0.983. The Hall–Kier alpha value is -2.15. The monoisotopic (exact) mass is 203 g/mol. The average molecular weight is 203 g/mol. The third-order valence-electron chi connectivity index (χ3n) is 2.11. The van der Waals surface area contributed by atoms with Crippen LogP contribution >= 0.6 is 0 Å². The highest BCUT2D eigenvalue weighted by molar-refractivity contribution is 5.92. The topological polar surface area (TPSA) is 78.2 Å². The van der Waals surface area contributed by atoms with E-state index < -0.39 is 5.97 Å². The molecule has 0 atom stereocenters. The lowest BCUT2D eigenvalue weighted by atomic mass is 9.97. The number of hydrogen-bond donors (Lipinski definition) is 1. The fourth-order valence-corrected chi connectivity index (χ4v) is 1.43. The zero-order valence-electron chi connectivity index (χ0n) is 8.15. The first-order valence-corrected chi connectivity index (χ1v) is 4.39. The summed E-state index contributed by atoms with van der Waals surface area (Å²) in [7, 11) is 0.